The summed E-state index contributed by atoms with van der Waals surface area (Å²) >= 11 is 0. The fourth-order valence-electron chi connectivity index (χ4n) is 2.53. The van der Waals surface area contributed by atoms with Crippen molar-refractivity contribution in [1.82, 2.24) is 0 Å². The summed E-state index contributed by atoms with van der Waals surface area (Å²) in [6, 6.07) is 23.7. The topological polar surface area (TPSA) is 78.4 Å². The lowest BCUT2D eigenvalue weighted by Gasteiger charge is -2.13. The number of carbonyl (C=O) groups excluding carboxylic acids is 1. The van der Waals surface area contributed by atoms with Gasteiger partial charge in [-0.1, -0.05) is 42.5 Å². The van der Waals surface area contributed by atoms with E-state index in [2.05, 4.69) is 10.6 Å². The molecule has 0 fully saturated rings. The fraction of sp³-hybridized carbons (Fsp3) is 0.0476. The number of anilines is 3. The summed E-state index contributed by atoms with van der Waals surface area (Å²) in [5.74, 6) is -0.954. The Labute approximate surface area is 151 Å². The Morgan fingerprint density at radius 1 is 0.731 bits per heavy atom. The first-order valence-corrected chi connectivity index (χ1v) is 8.15. The number of ketones is 1. The normalized spacial score (nSPS) is 10.2. The second-order valence-corrected chi connectivity index (χ2v) is 5.69. The van der Waals surface area contributed by atoms with Crippen LogP contribution in [-0.2, 0) is 4.79 Å². The van der Waals surface area contributed by atoms with Crippen molar-refractivity contribution in [2.24, 2.45) is 0 Å². The van der Waals surface area contributed by atoms with Crippen LogP contribution >= 0.6 is 0 Å². The summed E-state index contributed by atoms with van der Waals surface area (Å²) in [6.07, 6.45) is 0. The molecule has 0 bridgehead atoms. The number of nitrogens with one attached hydrogen (secondary N) is 2. The predicted octanol–water partition coefficient (Wildman–Crippen LogP) is 4.16. The average molecular weight is 346 g/mol. The summed E-state index contributed by atoms with van der Waals surface area (Å²) in [5, 5.41) is 14.9. The number of benzene rings is 3. The minimum Gasteiger partial charge on any atom is -0.480 e. The van der Waals surface area contributed by atoms with Gasteiger partial charge in [0.2, 0.25) is 0 Å². The molecule has 5 nitrogen and oxygen atoms in total. The number of carboxylic acids is 1. The number of carboxylic acid groups (broad SMARTS) is 1. The van der Waals surface area contributed by atoms with Gasteiger partial charge in [-0.15, -0.1) is 0 Å². The van der Waals surface area contributed by atoms with Crippen molar-refractivity contribution in [1.29, 1.82) is 0 Å². The third kappa shape index (κ3) is 4.27. The van der Waals surface area contributed by atoms with E-state index in [4.69, 9.17) is 5.11 Å². The minimum absolute atomic E-state index is 0.0272. The van der Waals surface area contributed by atoms with E-state index in [1.807, 2.05) is 48.5 Å². The molecule has 0 radical (unpaired) electrons. The summed E-state index contributed by atoms with van der Waals surface area (Å²) in [5.41, 5.74) is 3.52. The number of para-hydroxylation sites is 2. The molecule has 3 aromatic rings. The van der Waals surface area contributed by atoms with Crippen molar-refractivity contribution in [3.8, 4) is 0 Å². The maximum absolute atomic E-state index is 12.4. The Morgan fingerprint density at radius 3 is 1.96 bits per heavy atom. The SMILES string of the molecule is O=C(O)CNc1ccccc1Nc1ccc(C(=O)c2ccccc2)cc1. The van der Waals surface area contributed by atoms with Gasteiger partial charge >= 0.3 is 5.97 Å². The van der Waals surface area contributed by atoms with Crippen molar-refractivity contribution < 1.29 is 14.7 Å². The van der Waals surface area contributed by atoms with Gasteiger partial charge in [0.05, 0.1) is 11.4 Å². The predicted molar refractivity (Wildman–Crippen MR) is 102 cm³/mol. The minimum atomic E-state index is -0.927. The first kappa shape index (κ1) is 17.2. The van der Waals surface area contributed by atoms with Crippen molar-refractivity contribution in [2.75, 3.05) is 17.2 Å². The number of carbonyl (C=O) groups is 2. The Kier molecular flexibility index (Phi) is 5.29. The third-order valence-electron chi connectivity index (χ3n) is 3.82. The van der Waals surface area contributed by atoms with Crippen LogP contribution in [0.1, 0.15) is 15.9 Å². The number of hydrogen-bond acceptors (Lipinski definition) is 4. The van der Waals surface area contributed by atoms with Gasteiger partial charge in [0.1, 0.15) is 6.54 Å². The summed E-state index contributed by atoms with van der Waals surface area (Å²) in [6.45, 7) is -0.163. The molecule has 0 saturated carbocycles. The van der Waals surface area contributed by atoms with Crippen LogP contribution in [0.5, 0.6) is 0 Å². The molecule has 0 heterocycles. The summed E-state index contributed by atoms with van der Waals surface area (Å²) in [4.78, 5) is 23.2. The van der Waals surface area contributed by atoms with Crippen LogP contribution in [0.3, 0.4) is 0 Å². The highest BCUT2D eigenvalue weighted by atomic mass is 16.4. The van der Waals surface area contributed by atoms with Gasteiger partial charge in [0, 0.05) is 16.8 Å². The Hall–Kier alpha value is -3.60. The molecule has 0 spiro atoms. The standard InChI is InChI=1S/C21H18N2O3/c24-20(25)14-22-18-8-4-5-9-19(18)23-17-12-10-16(11-13-17)21(26)15-6-2-1-3-7-15/h1-13,22-23H,14H2,(H,24,25). The zero-order chi connectivity index (χ0) is 18.4. The van der Waals surface area contributed by atoms with E-state index < -0.39 is 5.97 Å². The maximum atomic E-state index is 12.4. The molecular weight excluding hydrogens is 328 g/mol. The zero-order valence-corrected chi connectivity index (χ0v) is 14.0. The molecule has 3 rings (SSSR count). The van der Waals surface area contributed by atoms with Crippen LogP contribution in [0, 0.1) is 0 Å². The van der Waals surface area contributed by atoms with E-state index in [0.29, 0.717) is 16.8 Å². The van der Waals surface area contributed by atoms with Crippen LogP contribution in [0.25, 0.3) is 0 Å². The van der Waals surface area contributed by atoms with E-state index in [1.54, 1.807) is 30.3 Å². The van der Waals surface area contributed by atoms with Crippen LogP contribution < -0.4 is 10.6 Å². The van der Waals surface area contributed by atoms with E-state index in [9.17, 15) is 9.59 Å². The van der Waals surface area contributed by atoms with Crippen molar-refractivity contribution in [3.05, 3.63) is 90.0 Å². The molecule has 0 aliphatic carbocycles. The molecular formula is C21H18N2O3. The summed E-state index contributed by atoms with van der Waals surface area (Å²) < 4.78 is 0. The van der Waals surface area contributed by atoms with Crippen LogP contribution in [0.15, 0.2) is 78.9 Å². The first-order chi connectivity index (χ1) is 12.6. The molecule has 5 heteroatoms. The zero-order valence-electron chi connectivity index (χ0n) is 14.0. The van der Waals surface area contributed by atoms with Gasteiger partial charge in [0.15, 0.2) is 5.78 Å². The lowest BCUT2D eigenvalue weighted by atomic mass is 10.0. The highest BCUT2D eigenvalue weighted by molar-refractivity contribution is 6.09. The monoisotopic (exact) mass is 346 g/mol. The van der Waals surface area contributed by atoms with Crippen LogP contribution in [0.4, 0.5) is 17.1 Å². The second-order valence-electron chi connectivity index (χ2n) is 5.69. The molecule has 0 saturated heterocycles. The van der Waals surface area contributed by atoms with Gasteiger partial charge in [-0.05, 0) is 36.4 Å². The van der Waals surface area contributed by atoms with Crippen molar-refractivity contribution in [3.63, 3.8) is 0 Å². The first-order valence-electron chi connectivity index (χ1n) is 8.15. The van der Waals surface area contributed by atoms with E-state index in [-0.39, 0.29) is 12.3 Å². The third-order valence-corrected chi connectivity index (χ3v) is 3.82. The molecule has 0 unspecified atom stereocenters. The van der Waals surface area contributed by atoms with Gasteiger partial charge in [-0.25, -0.2) is 0 Å². The molecule has 0 amide bonds. The highest BCUT2D eigenvalue weighted by Gasteiger charge is 2.09. The molecule has 3 aromatic carbocycles. The van der Waals surface area contributed by atoms with Crippen LogP contribution in [0.2, 0.25) is 0 Å². The smallest absolute Gasteiger partial charge is 0.322 e. The van der Waals surface area contributed by atoms with Gasteiger partial charge in [-0.3, -0.25) is 9.59 Å². The lowest BCUT2D eigenvalue weighted by molar-refractivity contribution is -0.134. The van der Waals surface area contributed by atoms with Gasteiger partial charge in [0.25, 0.3) is 0 Å². The number of hydrogen-bond donors (Lipinski definition) is 3. The number of rotatable bonds is 7. The highest BCUT2D eigenvalue weighted by Crippen LogP contribution is 2.25. The maximum Gasteiger partial charge on any atom is 0.322 e. The van der Waals surface area contributed by atoms with Gasteiger partial charge in [-0.2, -0.15) is 0 Å². The largest absolute Gasteiger partial charge is 0.480 e. The fourth-order valence-corrected chi connectivity index (χ4v) is 2.53. The molecule has 0 aliphatic heterocycles. The quantitative estimate of drug-likeness (QED) is 0.560. The Bertz CT molecular complexity index is 906. The number of aliphatic carboxylic acids is 1. The molecule has 130 valence electrons. The average Bonchev–Trinajstić information content (AvgIpc) is 2.68. The Morgan fingerprint density at radius 2 is 1.31 bits per heavy atom. The van der Waals surface area contributed by atoms with E-state index in [0.717, 1.165) is 11.4 Å². The molecule has 0 aromatic heterocycles. The second kappa shape index (κ2) is 7.98. The van der Waals surface area contributed by atoms with Crippen LogP contribution in [-0.4, -0.2) is 23.4 Å². The van der Waals surface area contributed by atoms with E-state index >= 15 is 0 Å². The summed E-state index contributed by atoms with van der Waals surface area (Å²) in [7, 11) is 0. The van der Waals surface area contributed by atoms with Crippen molar-refractivity contribution >= 4 is 28.8 Å². The molecule has 0 atom stereocenters. The van der Waals surface area contributed by atoms with Crippen molar-refractivity contribution in [2.45, 2.75) is 0 Å². The Balaban J connectivity index is 1.74. The molecule has 3 N–H and O–H groups in total. The lowest BCUT2D eigenvalue weighted by Crippen LogP contribution is -2.13. The molecule has 26 heavy (non-hydrogen) atoms. The molecule has 0 aliphatic rings. The van der Waals surface area contributed by atoms with E-state index in [1.165, 1.54) is 0 Å². The van der Waals surface area contributed by atoms with Gasteiger partial charge < -0.3 is 15.7 Å².